The molecule has 1 aliphatic rings. The maximum absolute atomic E-state index is 9.26. The van der Waals surface area contributed by atoms with E-state index in [4.69, 9.17) is 4.52 Å². The molecule has 0 radical (unpaired) electrons. The average molecular weight is 301 g/mol. The molecule has 5 nitrogen and oxygen atoms in total. The number of likely N-dealkylation sites (tertiary alicyclic amines) is 1. The number of aromatic nitrogens is 2. The minimum absolute atomic E-state index is 0.306. The Kier molecular flexibility index (Phi) is 5.19. The average Bonchev–Trinajstić information content (AvgIpc) is 3.05. The molecule has 0 aliphatic carbocycles. The summed E-state index contributed by atoms with van der Waals surface area (Å²) in [6, 6.07) is 9.89. The lowest BCUT2D eigenvalue weighted by molar-refractivity contribution is 0.119. The highest BCUT2D eigenvalue weighted by Gasteiger charge is 2.18. The van der Waals surface area contributed by atoms with Crippen molar-refractivity contribution in [1.29, 1.82) is 0 Å². The number of rotatable bonds is 6. The van der Waals surface area contributed by atoms with Crippen molar-refractivity contribution in [3.05, 3.63) is 36.2 Å². The van der Waals surface area contributed by atoms with E-state index in [1.165, 1.54) is 6.42 Å². The molecule has 1 aromatic heterocycles. The van der Waals surface area contributed by atoms with Gasteiger partial charge in [-0.1, -0.05) is 35.5 Å². The Labute approximate surface area is 131 Å². The zero-order valence-electron chi connectivity index (χ0n) is 12.8. The van der Waals surface area contributed by atoms with E-state index in [0.717, 1.165) is 44.5 Å². The van der Waals surface area contributed by atoms with Crippen molar-refractivity contribution in [2.45, 2.75) is 25.7 Å². The highest BCUT2D eigenvalue weighted by atomic mass is 16.5. The van der Waals surface area contributed by atoms with Crippen molar-refractivity contribution in [2.75, 3.05) is 26.2 Å². The number of hydrogen-bond donors (Lipinski definition) is 1. The van der Waals surface area contributed by atoms with Crippen LogP contribution < -0.4 is 0 Å². The van der Waals surface area contributed by atoms with Crippen molar-refractivity contribution in [3.8, 4) is 11.4 Å². The first-order valence-electron chi connectivity index (χ1n) is 8.06. The highest BCUT2D eigenvalue weighted by Crippen LogP contribution is 2.17. The first-order chi connectivity index (χ1) is 10.8. The second kappa shape index (κ2) is 7.51. The van der Waals surface area contributed by atoms with Crippen LogP contribution >= 0.6 is 0 Å². The van der Waals surface area contributed by atoms with Crippen LogP contribution in [-0.2, 0) is 6.42 Å². The van der Waals surface area contributed by atoms with Gasteiger partial charge in [0.25, 0.3) is 0 Å². The Balaban J connectivity index is 1.47. The van der Waals surface area contributed by atoms with Gasteiger partial charge in [-0.2, -0.15) is 4.98 Å². The third kappa shape index (κ3) is 3.93. The fourth-order valence-corrected chi connectivity index (χ4v) is 3.02. The van der Waals surface area contributed by atoms with Gasteiger partial charge < -0.3 is 14.5 Å². The zero-order valence-corrected chi connectivity index (χ0v) is 12.8. The van der Waals surface area contributed by atoms with E-state index < -0.39 is 0 Å². The predicted molar refractivity (Wildman–Crippen MR) is 84.3 cm³/mol. The van der Waals surface area contributed by atoms with Gasteiger partial charge in [0.05, 0.1) is 0 Å². The molecule has 0 saturated carbocycles. The quantitative estimate of drug-likeness (QED) is 0.887. The van der Waals surface area contributed by atoms with Crippen molar-refractivity contribution in [3.63, 3.8) is 0 Å². The Morgan fingerprint density at radius 2 is 2.14 bits per heavy atom. The van der Waals surface area contributed by atoms with E-state index in [1.807, 2.05) is 30.3 Å². The molecule has 1 unspecified atom stereocenters. The Morgan fingerprint density at radius 1 is 1.27 bits per heavy atom. The van der Waals surface area contributed by atoms with E-state index in [1.54, 1.807) is 0 Å². The second-order valence-corrected chi connectivity index (χ2v) is 5.97. The van der Waals surface area contributed by atoms with Crippen LogP contribution in [0.3, 0.4) is 0 Å². The van der Waals surface area contributed by atoms with Crippen molar-refractivity contribution in [1.82, 2.24) is 15.0 Å². The Hall–Kier alpha value is -1.72. The minimum Gasteiger partial charge on any atom is -0.396 e. The van der Waals surface area contributed by atoms with Crippen LogP contribution in [-0.4, -0.2) is 46.4 Å². The molecule has 2 aromatic rings. The lowest BCUT2D eigenvalue weighted by Crippen LogP contribution is -2.37. The fourth-order valence-electron chi connectivity index (χ4n) is 3.02. The maximum Gasteiger partial charge on any atom is 0.227 e. The highest BCUT2D eigenvalue weighted by molar-refractivity contribution is 5.53. The summed E-state index contributed by atoms with van der Waals surface area (Å²) in [6.07, 6.45) is 4.15. The molecule has 1 saturated heterocycles. The molecule has 2 heterocycles. The number of aliphatic hydroxyl groups is 1. The number of nitrogens with zero attached hydrogens (tertiary/aromatic N) is 3. The number of hydrogen-bond acceptors (Lipinski definition) is 5. The van der Waals surface area contributed by atoms with Crippen LogP contribution in [0.1, 0.15) is 25.2 Å². The summed E-state index contributed by atoms with van der Waals surface area (Å²) < 4.78 is 5.33. The zero-order chi connectivity index (χ0) is 15.2. The van der Waals surface area contributed by atoms with Crippen molar-refractivity contribution < 1.29 is 9.63 Å². The standard InChI is InChI=1S/C17H23N3O2/c21-13-14-6-4-10-20(12-14)11-5-9-16-18-17(19-22-16)15-7-2-1-3-8-15/h1-3,7-8,14,21H,4-6,9-13H2. The molecule has 1 atom stereocenters. The van der Waals surface area contributed by atoms with Crippen LogP contribution in [0.2, 0.25) is 0 Å². The Morgan fingerprint density at radius 3 is 2.95 bits per heavy atom. The van der Waals surface area contributed by atoms with Crippen molar-refractivity contribution in [2.24, 2.45) is 5.92 Å². The Bertz CT molecular complexity index is 570. The smallest absolute Gasteiger partial charge is 0.227 e. The summed E-state index contributed by atoms with van der Waals surface area (Å²) in [5.41, 5.74) is 0.985. The largest absolute Gasteiger partial charge is 0.396 e. The molecule has 1 fully saturated rings. The summed E-state index contributed by atoms with van der Waals surface area (Å²) >= 11 is 0. The normalized spacial score (nSPS) is 19.4. The van der Waals surface area contributed by atoms with Gasteiger partial charge in [0.2, 0.25) is 11.7 Å². The van der Waals surface area contributed by atoms with Crippen molar-refractivity contribution >= 4 is 0 Å². The van der Waals surface area contributed by atoms with Crippen LogP contribution in [0.4, 0.5) is 0 Å². The molecule has 1 aliphatic heterocycles. The number of piperidine rings is 1. The van der Waals surface area contributed by atoms with Crippen LogP contribution in [0.25, 0.3) is 11.4 Å². The molecule has 1 aromatic carbocycles. The van der Waals surface area contributed by atoms with Gasteiger partial charge in [0.1, 0.15) is 0 Å². The van der Waals surface area contributed by atoms with Crippen LogP contribution in [0.15, 0.2) is 34.9 Å². The summed E-state index contributed by atoms with van der Waals surface area (Å²) in [5.74, 6) is 1.81. The molecule has 1 N–H and O–H groups in total. The molecular weight excluding hydrogens is 278 g/mol. The molecule has 3 rings (SSSR count). The van der Waals surface area contributed by atoms with Gasteiger partial charge in [-0.25, -0.2) is 0 Å². The van der Waals surface area contributed by atoms with Gasteiger partial charge in [0, 0.05) is 25.1 Å². The van der Waals surface area contributed by atoms with Crippen LogP contribution in [0, 0.1) is 5.92 Å². The number of aryl methyl sites for hydroxylation is 1. The third-order valence-electron chi connectivity index (χ3n) is 4.23. The lowest BCUT2D eigenvalue weighted by Gasteiger charge is -2.31. The summed E-state index contributed by atoms with van der Waals surface area (Å²) in [5, 5.41) is 13.3. The van der Waals surface area contributed by atoms with E-state index in [-0.39, 0.29) is 0 Å². The van der Waals surface area contributed by atoms with E-state index in [0.29, 0.717) is 24.2 Å². The first kappa shape index (κ1) is 15.2. The molecule has 118 valence electrons. The summed E-state index contributed by atoms with van der Waals surface area (Å²) in [7, 11) is 0. The van der Waals surface area contributed by atoms with Gasteiger partial charge in [-0.15, -0.1) is 0 Å². The van der Waals surface area contributed by atoms with Gasteiger partial charge in [-0.05, 0) is 38.3 Å². The lowest BCUT2D eigenvalue weighted by atomic mass is 9.99. The fraction of sp³-hybridized carbons (Fsp3) is 0.529. The van der Waals surface area contributed by atoms with E-state index in [2.05, 4.69) is 15.0 Å². The molecule has 5 heteroatoms. The third-order valence-corrected chi connectivity index (χ3v) is 4.23. The number of benzene rings is 1. The molecule has 0 bridgehead atoms. The SMILES string of the molecule is OCC1CCCN(CCCc2nc(-c3ccccc3)no2)C1. The van der Waals surface area contributed by atoms with E-state index in [9.17, 15) is 5.11 Å². The molecular formula is C17H23N3O2. The maximum atomic E-state index is 9.26. The second-order valence-electron chi connectivity index (χ2n) is 5.97. The van der Waals surface area contributed by atoms with E-state index >= 15 is 0 Å². The van der Waals surface area contributed by atoms with Gasteiger partial charge >= 0.3 is 0 Å². The molecule has 0 amide bonds. The molecule has 22 heavy (non-hydrogen) atoms. The summed E-state index contributed by atoms with van der Waals surface area (Å²) in [4.78, 5) is 6.89. The van der Waals surface area contributed by atoms with Gasteiger partial charge in [0.15, 0.2) is 0 Å². The topological polar surface area (TPSA) is 62.4 Å². The predicted octanol–water partition coefficient (Wildman–Crippen LogP) is 2.37. The van der Waals surface area contributed by atoms with Crippen LogP contribution in [0.5, 0.6) is 0 Å². The monoisotopic (exact) mass is 301 g/mol. The van der Waals surface area contributed by atoms with Gasteiger partial charge in [-0.3, -0.25) is 0 Å². The number of aliphatic hydroxyl groups excluding tert-OH is 1. The summed E-state index contributed by atoms with van der Waals surface area (Å²) in [6.45, 7) is 3.48. The minimum atomic E-state index is 0.306. The first-order valence-corrected chi connectivity index (χ1v) is 8.06. The molecule has 0 spiro atoms.